The second-order valence-corrected chi connectivity index (χ2v) is 4.74. The van der Waals surface area contributed by atoms with Gasteiger partial charge in [-0.2, -0.15) is 0 Å². The molecule has 2 rings (SSSR count). The number of Topliss-reactive ketones (excluding diaryl/α,β-unsaturated/α-hetero) is 1. The lowest BCUT2D eigenvalue weighted by atomic mass is 9.96. The Morgan fingerprint density at radius 3 is 2.86 bits per heavy atom. The molecule has 0 aromatic carbocycles. The van der Waals surface area contributed by atoms with E-state index in [1.54, 1.807) is 7.11 Å². The van der Waals surface area contributed by atoms with Gasteiger partial charge in [0, 0.05) is 25.6 Å². The number of hydrogen-bond acceptors (Lipinski definition) is 3. The molecule has 2 saturated carbocycles. The highest BCUT2D eigenvalue weighted by Crippen LogP contribution is 2.63. The maximum atomic E-state index is 11.9. The number of carbonyl (C=O) groups excluding carboxylic acids is 1. The van der Waals surface area contributed by atoms with Gasteiger partial charge in [0.2, 0.25) is 0 Å². The molecule has 3 heteroatoms. The van der Waals surface area contributed by atoms with Crippen molar-refractivity contribution in [2.75, 3.05) is 13.7 Å². The second-order valence-electron chi connectivity index (χ2n) is 4.74. The van der Waals surface area contributed by atoms with Crippen LogP contribution in [-0.2, 0) is 9.53 Å². The van der Waals surface area contributed by atoms with E-state index in [-0.39, 0.29) is 29.8 Å². The van der Waals surface area contributed by atoms with Crippen molar-refractivity contribution in [2.45, 2.75) is 32.3 Å². The molecule has 0 aromatic heterocycles. The van der Waals surface area contributed by atoms with Gasteiger partial charge >= 0.3 is 0 Å². The first-order valence-electron chi connectivity index (χ1n) is 5.31. The molecular formula is C11H18O3. The molecule has 4 atom stereocenters. The van der Waals surface area contributed by atoms with Crippen LogP contribution in [0, 0.1) is 17.3 Å². The minimum atomic E-state index is -0.234. The van der Waals surface area contributed by atoms with E-state index in [1.807, 2.05) is 6.92 Å². The Kier molecular flexibility index (Phi) is 2.40. The summed E-state index contributed by atoms with van der Waals surface area (Å²) in [7, 11) is 1.67. The second kappa shape index (κ2) is 3.31. The fourth-order valence-corrected chi connectivity index (χ4v) is 3.02. The number of aliphatic hydroxyl groups is 1. The first-order chi connectivity index (χ1) is 6.64. The summed E-state index contributed by atoms with van der Waals surface area (Å²) < 4.78 is 5.24. The average Bonchev–Trinajstić information content (AvgIpc) is 2.79. The highest BCUT2D eigenvalue weighted by Gasteiger charge is 2.65. The summed E-state index contributed by atoms with van der Waals surface area (Å²) in [4.78, 5) is 11.9. The van der Waals surface area contributed by atoms with Gasteiger partial charge in [-0.15, -0.1) is 0 Å². The maximum absolute atomic E-state index is 11.9. The zero-order chi connectivity index (χ0) is 10.3. The Morgan fingerprint density at radius 2 is 2.29 bits per heavy atom. The third-order valence-electron chi connectivity index (χ3n) is 4.26. The summed E-state index contributed by atoms with van der Waals surface area (Å²) in [6, 6.07) is 0. The van der Waals surface area contributed by atoms with E-state index in [1.165, 1.54) is 0 Å². The average molecular weight is 198 g/mol. The third kappa shape index (κ3) is 1.22. The van der Waals surface area contributed by atoms with Crippen molar-refractivity contribution < 1.29 is 14.6 Å². The van der Waals surface area contributed by atoms with Crippen molar-refractivity contribution in [3.05, 3.63) is 0 Å². The van der Waals surface area contributed by atoms with Crippen LogP contribution in [0.1, 0.15) is 26.2 Å². The van der Waals surface area contributed by atoms with Gasteiger partial charge in [0.15, 0.2) is 0 Å². The minimum Gasteiger partial charge on any atom is -0.396 e. The predicted octanol–water partition coefficient (Wildman–Crippen LogP) is 0.999. The van der Waals surface area contributed by atoms with Crippen LogP contribution < -0.4 is 0 Å². The molecule has 0 heterocycles. The topological polar surface area (TPSA) is 46.5 Å². The lowest BCUT2D eigenvalue weighted by Crippen LogP contribution is -2.22. The largest absolute Gasteiger partial charge is 0.396 e. The van der Waals surface area contributed by atoms with E-state index in [0.29, 0.717) is 12.3 Å². The van der Waals surface area contributed by atoms with Gasteiger partial charge in [-0.25, -0.2) is 0 Å². The molecule has 2 fully saturated rings. The van der Waals surface area contributed by atoms with Crippen LogP contribution in [0.3, 0.4) is 0 Å². The first-order valence-corrected chi connectivity index (χ1v) is 5.31. The van der Waals surface area contributed by atoms with E-state index >= 15 is 0 Å². The van der Waals surface area contributed by atoms with Crippen molar-refractivity contribution in [1.29, 1.82) is 0 Å². The van der Waals surface area contributed by atoms with Crippen LogP contribution in [0.4, 0.5) is 0 Å². The molecule has 0 aromatic rings. The van der Waals surface area contributed by atoms with E-state index in [9.17, 15) is 4.79 Å². The molecule has 2 aliphatic rings. The van der Waals surface area contributed by atoms with Gasteiger partial charge in [-0.1, -0.05) is 6.92 Å². The Morgan fingerprint density at radius 1 is 1.57 bits per heavy atom. The number of fused-ring (bicyclic) bond motifs is 1. The van der Waals surface area contributed by atoms with Crippen molar-refractivity contribution in [2.24, 2.45) is 17.3 Å². The zero-order valence-electron chi connectivity index (χ0n) is 8.82. The molecule has 0 radical (unpaired) electrons. The highest BCUT2D eigenvalue weighted by atomic mass is 16.5. The smallest absolute Gasteiger partial charge is 0.142 e. The van der Waals surface area contributed by atoms with Gasteiger partial charge < -0.3 is 9.84 Å². The molecule has 0 aliphatic heterocycles. The van der Waals surface area contributed by atoms with Gasteiger partial charge in [0.05, 0.1) is 6.10 Å². The lowest BCUT2D eigenvalue weighted by molar-refractivity contribution is -0.126. The number of ether oxygens (including phenoxy) is 1. The number of rotatable bonds is 2. The monoisotopic (exact) mass is 198 g/mol. The highest BCUT2D eigenvalue weighted by molar-refractivity contribution is 5.89. The molecule has 1 N–H and O–H groups in total. The summed E-state index contributed by atoms with van der Waals surface area (Å²) in [6.45, 7) is 2.16. The van der Waals surface area contributed by atoms with Crippen LogP contribution in [0.5, 0.6) is 0 Å². The van der Waals surface area contributed by atoms with E-state index < -0.39 is 0 Å². The number of methoxy groups -OCH3 is 1. The summed E-state index contributed by atoms with van der Waals surface area (Å²) in [6.07, 6.45) is 2.61. The Labute approximate surface area is 84.4 Å². The number of hydrogen-bond donors (Lipinski definition) is 1. The lowest BCUT2D eigenvalue weighted by Gasteiger charge is -2.14. The first kappa shape index (κ1) is 10.1. The molecular weight excluding hydrogens is 180 g/mol. The normalized spacial score (nSPS) is 47.1. The predicted molar refractivity (Wildman–Crippen MR) is 51.8 cm³/mol. The van der Waals surface area contributed by atoms with Gasteiger partial charge in [-0.3, -0.25) is 4.79 Å². The van der Waals surface area contributed by atoms with E-state index in [0.717, 1.165) is 12.8 Å². The van der Waals surface area contributed by atoms with Gasteiger partial charge in [0.1, 0.15) is 5.78 Å². The Hall–Kier alpha value is -0.410. The molecule has 14 heavy (non-hydrogen) atoms. The van der Waals surface area contributed by atoms with Crippen LogP contribution >= 0.6 is 0 Å². The zero-order valence-corrected chi connectivity index (χ0v) is 8.82. The molecule has 0 spiro atoms. The molecule has 0 saturated heterocycles. The fourth-order valence-electron chi connectivity index (χ4n) is 3.02. The Bertz CT molecular complexity index is 251. The van der Waals surface area contributed by atoms with Gasteiger partial charge in [-0.05, 0) is 24.7 Å². The van der Waals surface area contributed by atoms with Crippen molar-refractivity contribution >= 4 is 5.78 Å². The van der Waals surface area contributed by atoms with E-state index in [4.69, 9.17) is 9.84 Å². The van der Waals surface area contributed by atoms with Crippen molar-refractivity contribution in [3.8, 4) is 0 Å². The number of carbonyl (C=O) groups is 1. The molecule has 0 bridgehead atoms. The van der Waals surface area contributed by atoms with Crippen molar-refractivity contribution in [3.63, 3.8) is 0 Å². The fraction of sp³-hybridized carbons (Fsp3) is 0.909. The quantitative estimate of drug-likeness (QED) is 0.720. The maximum Gasteiger partial charge on any atom is 0.142 e. The molecule has 2 aliphatic carbocycles. The van der Waals surface area contributed by atoms with Crippen LogP contribution in [0.25, 0.3) is 0 Å². The molecule has 4 unspecified atom stereocenters. The standard InChI is InChI=1S/C11H18O3/c1-11-8(9(11)6-12)4-3-7(14-2)5-10(11)13/h7-9,12H,3-6H2,1-2H3. The summed E-state index contributed by atoms with van der Waals surface area (Å²) in [5.41, 5.74) is -0.234. The summed E-state index contributed by atoms with van der Waals surface area (Å²) in [5, 5.41) is 9.15. The van der Waals surface area contributed by atoms with Gasteiger partial charge in [0.25, 0.3) is 0 Å². The third-order valence-corrected chi connectivity index (χ3v) is 4.26. The summed E-state index contributed by atoms with van der Waals surface area (Å²) >= 11 is 0. The number of aliphatic hydroxyl groups excluding tert-OH is 1. The minimum absolute atomic E-state index is 0.103. The van der Waals surface area contributed by atoms with Crippen molar-refractivity contribution in [1.82, 2.24) is 0 Å². The SMILES string of the molecule is COC1CCC2C(CO)C2(C)C(=O)C1. The molecule has 0 amide bonds. The van der Waals surface area contributed by atoms with Crippen LogP contribution in [-0.4, -0.2) is 30.7 Å². The van der Waals surface area contributed by atoms with Crippen LogP contribution in [0.15, 0.2) is 0 Å². The molecule has 80 valence electrons. The Balaban J connectivity index is 2.11. The summed E-state index contributed by atoms with van der Waals surface area (Å²) in [5.74, 6) is 0.902. The number of ketones is 1. The van der Waals surface area contributed by atoms with Crippen LogP contribution in [0.2, 0.25) is 0 Å². The van der Waals surface area contributed by atoms with E-state index in [2.05, 4.69) is 0 Å². The molecule has 3 nitrogen and oxygen atoms in total.